The highest BCUT2D eigenvalue weighted by Crippen LogP contribution is 2.22. The van der Waals surface area contributed by atoms with E-state index in [0.29, 0.717) is 11.5 Å². The molecule has 0 aliphatic heterocycles. The van der Waals surface area contributed by atoms with Gasteiger partial charge in [0.2, 0.25) is 0 Å². The third kappa shape index (κ3) is 3.10. The number of nitrogens with zero attached hydrogens (tertiary/aromatic N) is 2. The number of rotatable bonds is 4. The van der Waals surface area contributed by atoms with Crippen molar-refractivity contribution in [3.63, 3.8) is 0 Å². The minimum atomic E-state index is 0.418. The molecule has 0 radical (unpaired) electrons. The van der Waals surface area contributed by atoms with Crippen molar-refractivity contribution in [1.82, 2.24) is 9.55 Å². The molecule has 0 spiro atoms. The molecule has 0 bridgehead atoms. The summed E-state index contributed by atoms with van der Waals surface area (Å²) in [5, 5.41) is 0. The molecule has 110 valence electrons. The van der Waals surface area contributed by atoms with Gasteiger partial charge in [0.05, 0.1) is 0 Å². The second-order valence-electron chi connectivity index (χ2n) is 4.91. The fraction of sp³-hybridized carbons (Fsp3) is 0.0588. The Morgan fingerprint density at radius 2 is 1.86 bits per heavy atom. The van der Waals surface area contributed by atoms with Crippen molar-refractivity contribution in [2.45, 2.75) is 6.54 Å². The van der Waals surface area contributed by atoms with E-state index in [1.807, 2.05) is 54.7 Å². The quantitative estimate of drug-likeness (QED) is 0.705. The van der Waals surface area contributed by atoms with E-state index in [2.05, 4.69) is 25.5 Å². The van der Waals surface area contributed by atoms with E-state index >= 15 is 0 Å². The third-order valence-corrected chi connectivity index (χ3v) is 4.19. The van der Waals surface area contributed by atoms with Crippen molar-refractivity contribution >= 4 is 33.1 Å². The van der Waals surface area contributed by atoms with E-state index in [-0.39, 0.29) is 0 Å². The highest BCUT2D eigenvalue weighted by molar-refractivity contribution is 9.10. The number of imidazole rings is 1. The maximum Gasteiger partial charge on any atom is 0.140 e. The van der Waals surface area contributed by atoms with Gasteiger partial charge in [0.25, 0.3) is 0 Å². The number of halogens is 1. The molecule has 0 saturated carbocycles. The molecule has 1 heterocycles. The maximum absolute atomic E-state index is 5.81. The summed E-state index contributed by atoms with van der Waals surface area (Å²) in [5.41, 5.74) is 8.88. The van der Waals surface area contributed by atoms with Gasteiger partial charge in [-0.15, -0.1) is 0 Å². The number of aromatic nitrogens is 2. The summed E-state index contributed by atoms with van der Waals surface area (Å²) < 4.78 is 3.15. The van der Waals surface area contributed by atoms with Gasteiger partial charge in [-0.3, -0.25) is 0 Å². The summed E-state index contributed by atoms with van der Waals surface area (Å²) in [5.74, 6) is 0.922. The van der Waals surface area contributed by atoms with E-state index in [1.165, 1.54) is 0 Å². The topological polar surface area (TPSA) is 43.8 Å². The van der Waals surface area contributed by atoms with Gasteiger partial charge in [0.15, 0.2) is 0 Å². The monoisotopic (exact) mass is 371 g/mol. The summed E-state index contributed by atoms with van der Waals surface area (Å²) in [6.07, 6.45) is 3.77. The van der Waals surface area contributed by atoms with Crippen LogP contribution >= 0.6 is 28.1 Å². The van der Waals surface area contributed by atoms with Crippen molar-refractivity contribution in [3.8, 4) is 11.4 Å². The van der Waals surface area contributed by atoms with Crippen LogP contribution in [0.25, 0.3) is 11.4 Å². The SMILES string of the molecule is NC(=S)c1ccccc1Cn1ccnc1-c1ccc(Br)cc1. The largest absolute Gasteiger partial charge is 0.389 e. The van der Waals surface area contributed by atoms with Gasteiger partial charge in [-0.1, -0.05) is 64.5 Å². The van der Waals surface area contributed by atoms with Crippen LogP contribution in [0.5, 0.6) is 0 Å². The lowest BCUT2D eigenvalue weighted by molar-refractivity contribution is 0.806. The van der Waals surface area contributed by atoms with E-state index in [1.54, 1.807) is 6.20 Å². The molecule has 0 unspecified atom stereocenters. The Balaban J connectivity index is 1.97. The van der Waals surface area contributed by atoms with Gasteiger partial charge < -0.3 is 10.3 Å². The molecule has 0 aliphatic carbocycles. The third-order valence-electron chi connectivity index (χ3n) is 3.44. The number of thiocarbonyl (C=S) groups is 1. The Kier molecular flexibility index (Phi) is 4.36. The van der Waals surface area contributed by atoms with Crippen LogP contribution in [0.4, 0.5) is 0 Å². The number of benzene rings is 2. The van der Waals surface area contributed by atoms with Gasteiger partial charge in [0, 0.05) is 34.5 Å². The molecule has 5 heteroatoms. The fourth-order valence-corrected chi connectivity index (χ4v) is 2.84. The first-order valence-electron chi connectivity index (χ1n) is 6.80. The summed E-state index contributed by atoms with van der Waals surface area (Å²) in [4.78, 5) is 4.89. The molecule has 0 saturated heterocycles. The lowest BCUT2D eigenvalue weighted by Crippen LogP contribution is -2.14. The molecule has 0 fully saturated rings. The minimum Gasteiger partial charge on any atom is -0.389 e. The van der Waals surface area contributed by atoms with Crippen molar-refractivity contribution in [3.05, 3.63) is 76.5 Å². The first-order valence-corrected chi connectivity index (χ1v) is 8.00. The Hall–Kier alpha value is -1.98. The van der Waals surface area contributed by atoms with Crippen molar-refractivity contribution in [1.29, 1.82) is 0 Å². The van der Waals surface area contributed by atoms with Crippen molar-refractivity contribution in [2.24, 2.45) is 5.73 Å². The van der Waals surface area contributed by atoms with E-state index < -0.39 is 0 Å². The molecule has 0 atom stereocenters. The molecule has 2 N–H and O–H groups in total. The summed E-state index contributed by atoms with van der Waals surface area (Å²) in [6, 6.07) is 16.0. The Labute approximate surface area is 142 Å². The van der Waals surface area contributed by atoms with E-state index in [9.17, 15) is 0 Å². The zero-order chi connectivity index (χ0) is 15.5. The Morgan fingerprint density at radius 3 is 2.59 bits per heavy atom. The van der Waals surface area contributed by atoms with E-state index in [0.717, 1.165) is 27.0 Å². The maximum atomic E-state index is 5.81. The van der Waals surface area contributed by atoms with Gasteiger partial charge in [-0.2, -0.15) is 0 Å². The van der Waals surface area contributed by atoms with Gasteiger partial charge in [-0.25, -0.2) is 4.98 Å². The highest BCUT2D eigenvalue weighted by Gasteiger charge is 2.09. The smallest absolute Gasteiger partial charge is 0.140 e. The molecule has 0 amide bonds. The standard InChI is InChI=1S/C17H14BrN3S/c18-14-7-5-12(6-8-14)17-20-9-10-21(17)11-13-3-1-2-4-15(13)16(19)22/h1-10H,11H2,(H2,19,22). The Morgan fingerprint density at radius 1 is 1.14 bits per heavy atom. The van der Waals surface area contributed by atoms with Crippen LogP contribution in [-0.2, 0) is 6.54 Å². The first-order chi connectivity index (χ1) is 10.6. The van der Waals surface area contributed by atoms with Crippen LogP contribution in [0.15, 0.2) is 65.4 Å². The second-order valence-corrected chi connectivity index (χ2v) is 6.26. The first kappa shape index (κ1) is 14.9. The normalized spacial score (nSPS) is 10.6. The van der Waals surface area contributed by atoms with Gasteiger partial charge in [-0.05, 0) is 17.7 Å². The second kappa shape index (κ2) is 6.42. The average Bonchev–Trinajstić information content (AvgIpc) is 2.96. The predicted molar refractivity (Wildman–Crippen MR) is 96.8 cm³/mol. The molecule has 3 rings (SSSR count). The van der Waals surface area contributed by atoms with Crippen molar-refractivity contribution < 1.29 is 0 Å². The summed E-state index contributed by atoms with van der Waals surface area (Å²) >= 11 is 8.58. The zero-order valence-corrected chi connectivity index (χ0v) is 14.1. The number of hydrogen-bond donors (Lipinski definition) is 1. The molecule has 22 heavy (non-hydrogen) atoms. The molecular formula is C17H14BrN3S. The van der Waals surface area contributed by atoms with Gasteiger partial charge >= 0.3 is 0 Å². The van der Waals surface area contributed by atoms with Gasteiger partial charge in [0.1, 0.15) is 10.8 Å². The van der Waals surface area contributed by atoms with Crippen LogP contribution in [0.3, 0.4) is 0 Å². The molecule has 3 aromatic rings. The molecule has 2 aromatic carbocycles. The molecule has 1 aromatic heterocycles. The molecule has 0 aliphatic rings. The van der Waals surface area contributed by atoms with Crippen LogP contribution in [-0.4, -0.2) is 14.5 Å². The van der Waals surface area contributed by atoms with Crippen molar-refractivity contribution in [2.75, 3.05) is 0 Å². The minimum absolute atomic E-state index is 0.418. The van der Waals surface area contributed by atoms with E-state index in [4.69, 9.17) is 18.0 Å². The highest BCUT2D eigenvalue weighted by atomic mass is 79.9. The predicted octanol–water partition coefficient (Wildman–Crippen LogP) is 4.00. The van der Waals surface area contributed by atoms with Crippen LogP contribution in [0.2, 0.25) is 0 Å². The Bertz CT molecular complexity index is 809. The summed E-state index contributed by atoms with van der Waals surface area (Å²) in [6.45, 7) is 0.679. The van der Waals surface area contributed by atoms with Crippen LogP contribution < -0.4 is 5.73 Å². The molecule has 3 nitrogen and oxygen atoms in total. The molecular weight excluding hydrogens is 358 g/mol. The fourth-order valence-electron chi connectivity index (χ4n) is 2.38. The van der Waals surface area contributed by atoms with Crippen LogP contribution in [0, 0.1) is 0 Å². The number of nitrogens with two attached hydrogens (primary N) is 1. The number of hydrogen-bond acceptors (Lipinski definition) is 2. The average molecular weight is 372 g/mol. The summed E-state index contributed by atoms with van der Waals surface area (Å²) in [7, 11) is 0. The lowest BCUT2D eigenvalue weighted by atomic mass is 10.1. The lowest BCUT2D eigenvalue weighted by Gasteiger charge is -2.11. The zero-order valence-electron chi connectivity index (χ0n) is 11.7. The van der Waals surface area contributed by atoms with Crippen LogP contribution in [0.1, 0.15) is 11.1 Å².